The zero-order chi connectivity index (χ0) is 11.3. The molecule has 0 unspecified atom stereocenters. The normalized spacial score (nSPS) is 25.7. The molecule has 0 bridgehead atoms. The van der Waals surface area contributed by atoms with Gasteiger partial charge in [0.15, 0.2) is 0 Å². The number of amides is 1. The summed E-state index contributed by atoms with van der Waals surface area (Å²) in [4.78, 5) is 12.7. The molecule has 1 aliphatic carbocycles. The molecular formula is C9H12F3NO2. The molecule has 15 heavy (non-hydrogen) atoms. The van der Waals surface area contributed by atoms with Crippen LogP contribution in [0.5, 0.6) is 0 Å². The smallest absolute Gasteiger partial charge is 0.389 e. The fourth-order valence-corrected chi connectivity index (χ4v) is 2.07. The first-order chi connectivity index (χ1) is 6.87. The third kappa shape index (κ3) is 1.42. The van der Waals surface area contributed by atoms with Crippen LogP contribution in [0.3, 0.4) is 0 Å². The molecule has 0 radical (unpaired) electrons. The summed E-state index contributed by atoms with van der Waals surface area (Å²) in [6.45, 7) is 0.0767. The van der Waals surface area contributed by atoms with Crippen LogP contribution in [0.2, 0.25) is 0 Å². The van der Waals surface area contributed by atoms with Crippen molar-refractivity contribution in [1.82, 2.24) is 4.90 Å². The van der Waals surface area contributed by atoms with E-state index in [0.717, 1.165) is 4.90 Å². The molecule has 2 aliphatic rings. The van der Waals surface area contributed by atoms with Crippen molar-refractivity contribution in [2.45, 2.75) is 31.5 Å². The number of aliphatic hydroxyl groups excluding tert-OH is 1. The van der Waals surface area contributed by atoms with Gasteiger partial charge in [-0.1, -0.05) is 6.42 Å². The highest BCUT2D eigenvalue weighted by Gasteiger charge is 2.65. The van der Waals surface area contributed by atoms with Gasteiger partial charge in [0.25, 0.3) is 0 Å². The summed E-state index contributed by atoms with van der Waals surface area (Å²) >= 11 is 0. The molecule has 1 heterocycles. The molecule has 2 rings (SSSR count). The zero-order valence-electron chi connectivity index (χ0n) is 8.05. The SMILES string of the molecule is O=C(N1CC(O)C1)C1(C(F)(F)F)CCC1. The van der Waals surface area contributed by atoms with Crippen LogP contribution in [-0.2, 0) is 4.79 Å². The van der Waals surface area contributed by atoms with Crippen molar-refractivity contribution >= 4 is 5.91 Å². The molecule has 3 nitrogen and oxygen atoms in total. The average molecular weight is 223 g/mol. The van der Waals surface area contributed by atoms with E-state index in [1.807, 2.05) is 0 Å². The highest BCUT2D eigenvalue weighted by molar-refractivity contribution is 5.85. The number of β-amino-alcohol motifs (C(OH)–C–C–N with tert-alkyl or cyclic N) is 1. The number of hydrogen-bond donors (Lipinski definition) is 1. The van der Waals surface area contributed by atoms with Gasteiger partial charge in [0, 0.05) is 13.1 Å². The van der Waals surface area contributed by atoms with Gasteiger partial charge in [-0.3, -0.25) is 4.79 Å². The van der Waals surface area contributed by atoms with E-state index < -0.39 is 23.6 Å². The lowest BCUT2D eigenvalue weighted by Crippen LogP contribution is -2.63. The Morgan fingerprint density at radius 2 is 1.87 bits per heavy atom. The highest BCUT2D eigenvalue weighted by atomic mass is 19.4. The number of nitrogens with zero attached hydrogens (tertiary/aromatic N) is 1. The number of hydrogen-bond acceptors (Lipinski definition) is 2. The van der Waals surface area contributed by atoms with E-state index >= 15 is 0 Å². The number of likely N-dealkylation sites (tertiary alicyclic amines) is 1. The van der Waals surface area contributed by atoms with Crippen LogP contribution in [0, 0.1) is 5.41 Å². The number of carbonyl (C=O) groups excluding carboxylic acids is 1. The van der Waals surface area contributed by atoms with Crippen molar-refractivity contribution < 1.29 is 23.1 Å². The first-order valence-corrected chi connectivity index (χ1v) is 4.91. The zero-order valence-corrected chi connectivity index (χ0v) is 8.05. The van der Waals surface area contributed by atoms with E-state index in [1.165, 1.54) is 0 Å². The molecule has 0 aromatic rings. The Bertz CT molecular complexity index is 280. The Morgan fingerprint density at radius 3 is 2.13 bits per heavy atom. The predicted molar refractivity (Wildman–Crippen MR) is 44.9 cm³/mol. The predicted octanol–water partition coefficient (Wildman–Crippen LogP) is 0.922. The van der Waals surface area contributed by atoms with Crippen molar-refractivity contribution in [2.75, 3.05) is 13.1 Å². The third-order valence-electron chi connectivity index (χ3n) is 3.31. The van der Waals surface area contributed by atoms with Crippen LogP contribution in [0.15, 0.2) is 0 Å². The summed E-state index contributed by atoms with van der Waals surface area (Å²) in [6, 6.07) is 0. The number of aliphatic hydroxyl groups is 1. The average Bonchev–Trinajstić information content (AvgIpc) is 1.92. The quantitative estimate of drug-likeness (QED) is 0.718. The molecule has 1 aliphatic heterocycles. The van der Waals surface area contributed by atoms with Gasteiger partial charge in [-0.15, -0.1) is 0 Å². The van der Waals surface area contributed by atoms with Crippen LogP contribution in [0.4, 0.5) is 13.2 Å². The Labute approximate surface area is 84.9 Å². The van der Waals surface area contributed by atoms with Gasteiger partial charge < -0.3 is 10.0 Å². The first-order valence-electron chi connectivity index (χ1n) is 4.91. The fourth-order valence-electron chi connectivity index (χ4n) is 2.07. The molecule has 2 fully saturated rings. The fraction of sp³-hybridized carbons (Fsp3) is 0.889. The monoisotopic (exact) mass is 223 g/mol. The van der Waals surface area contributed by atoms with E-state index in [4.69, 9.17) is 5.11 Å². The Morgan fingerprint density at radius 1 is 1.33 bits per heavy atom. The minimum absolute atomic E-state index is 0.0384. The summed E-state index contributed by atoms with van der Waals surface area (Å²) in [5.74, 6) is -0.855. The maximum atomic E-state index is 12.7. The Hall–Kier alpha value is -0.780. The maximum Gasteiger partial charge on any atom is 0.403 e. The van der Waals surface area contributed by atoms with Crippen LogP contribution in [0.1, 0.15) is 19.3 Å². The molecule has 0 atom stereocenters. The maximum absolute atomic E-state index is 12.7. The van der Waals surface area contributed by atoms with E-state index in [0.29, 0.717) is 6.42 Å². The Kier molecular flexibility index (Phi) is 2.22. The molecule has 0 aromatic carbocycles. The van der Waals surface area contributed by atoms with Gasteiger partial charge in [-0.05, 0) is 12.8 Å². The summed E-state index contributed by atoms with van der Waals surface area (Å²) in [7, 11) is 0. The second-order valence-electron chi connectivity index (χ2n) is 4.30. The topological polar surface area (TPSA) is 40.5 Å². The van der Waals surface area contributed by atoms with Crippen LogP contribution >= 0.6 is 0 Å². The van der Waals surface area contributed by atoms with Crippen molar-refractivity contribution in [3.8, 4) is 0 Å². The van der Waals surface area contributed by atoms with Crippen molar-refractivity contribution in [3.63, 3.8) is 0 Å². The highest BCUT2D eigenvalue weighted by Crippen LogP contribution is 2.54. The lowest BCUT2D eigenvalue weighted by molar-refractivity contribution is -0.251. The van der Waals surface area contributed by atoms with Crippen molar-refractivity contribution in [2.24, 2.45) is 5.41 Å². The van der Waals surface area contributed by atoms with Gasteiger partial charge in [-0.2, -0.15) is 13.2 Å². The number of halogens is 3. The van der Waals surface area contributed by atoms with E-state index in [2.05, 4.69) is 0 Å². The number of rotatable bonds is 1. The Balaban J connectivity index is 2.10. The molecular weight excluding hydrogens is 211 g/mol. The van der Waals surface area contributed by atoms with Crippen molar-refractivity contribution in [3.05, 3.63) is 0 Å². The third-order valence-corrected chi connectivity index (χ3v) is 3.31. The van der Waals surface area contributed by atoms with E-state index in [9.17, 15) is 18.0 Å². The number of carbonyl (C=O) groups is 1. The van der Waals surface area contributed by atoms with Gasteiger partial charge in [0.05, 0.1) is 6.10 Å². The summed E-state index contributed by atoms with van der Waals surface area (Å²) < 4.78 is 38.1. The van der Waals surface area contributed by atoms with Crippen LogP contribution in [-0.4, -0.2) is 41.3 Å². The molecule has 1 saturated carbocycles. The van der Waals surface area contributed by atoms with Crippen LogP contribution < -0.4 is 0 Å². The van der Waals surface area contributed by atoms with Gasteiger partial charge in [0.2, 0.25) is 5.91 Å². The molecule has 0 spiro atoms. The second kappa shape index (κ2) is 3.10. The molecule has 86 valence electrons. The molecule has 1 saturated heterocycles. The van der Waals surface area contributed by atoms with Gasteiger partial charge in [0.1, 0.15) is 5.41 Å². The van der Waals surface area contributed by atoms with E-state index in [-0.39, 0.29) is 25.9 Å². The van der Waals surface area contributed by atoms with Gasteiger partial charge >= 0.3 is 6.18 Å². The van der Waals surface area contributed by atoms with Crippen molar-refractivity contribution in [1.29, 1.82) is 0 Å². The minimum atomic E-state index is -4.46. The summed E-state index contributed by atoms with van der Waals surface area (Å²) in [6.07, 6.45) is -4.88. The summed E-state index contributed by atoms with van der Waals surface area (Å²) in [5.41, 5.74) is -2.15. The second-order valence-corrected chi connectivity index (χ2v) is 4.30. The number of alkyl halides is 3. The lowest BCUT2D eigenvalue weighted by Gasteiger charge is -2.47. The van der Waals surface area contributed by atoms with Crippen LogP contribution in [0.25, 0.3) is 0 Å². The first kappa shape index (κ1) is 10.7. The van der Waals surface area contributed by atoms with Gasteiger partial charge in [-0.25, -0.2) is 0 Å². The summed E-state index contributed by atoms with van der Waals surface area (Å²) in [5, 5.41) is 8.95. The lowest BCUT2D eigenvalue weighted by atomic mass is 9.66. The molecule has 1 N–H and O–H groups in total. The minimum Gasteiger partial charge on any atom is -0.389 e. The molecule has 0 aromatic heterocycles. The largest absolute Gasteiger partial charge is 0.403 e. The van der Waals surface area contributed by atoms with E-state index in [1.54, 1.807) is 0 Å². The molecule has 6 heteroatoms. The molecule has 1 amide bonds. The standard InChI is InChI=1S/C9H12F3NO2/c10-9(11,12)8(2-1-3-8)7(15)13-4-6(14)5-13/h6,14H,1-5H2.